The van der Waals surface area contributed by atoms with Gasteiger partial charge in [0.25, 0.3) is 0 Å². The normalized spacial score (nSPS) is 12.1. The maximum absolute atomic E-state index is 12.9. The van der Waals surface area contributed by atoms with Gasteiger partial charge in [-0.2, -0.15) is 0 Å². The van der Waals surface area contributed by atoms with Gasteiger partial charge in [0.2, 0.25) is 0 Å². The second-order valence-corrected chi connectivity index (χ2v) is 5.25. The topological polar surface area (TPSA) is 21.3 Å². The molecule has 0 fully saturated rings. The number of halogens is 1. The highest BCUT2D eigenvalue weighted by molar-refractivity contribution is 5.33. The molecule has 2 aromatic rings. The number of benzene rings is 2. The minimum absolute atomic E-state index is 0.185. The van der Waals surface area contributed by atoms with Crippen LogP contribution in [0.3, 0.4) is 0 Å². The van der Waals surface area contributed by atoms with E-state index in [2.05, 4.69) is 18.3 Å². The Morgan fingerprint density at radius 2 is 1.81 bits per heavy atom. The molecule has 0 radical (unpaired) electrons. The van der Waals surface area contributed by atoms with E-state index in [0.717, 1.165) is 30.7 Å². The standard InChI is InChI=1S/C18H22FNO/c1-14(13-15-7-9-17(19)10-8-15)20-12-11-16-5-3-4-6-18(16)21-2/h3-10,14,20H,11-13H2,1-2H3. The molecule has 3 heteroatoms. The lowest BCUT2D eigenvalue weighted by Crippen LogP contribution is -2.30. The lowest BCUT2D eigenvalue weighted by Gasteiger charge is -2.15. The third-order valence-corrected chi connectivity index (χ3v) is 3.53. The molecule has 0 saturated heterocycles. The van der Waals surface area contributed by atoms with Crippen molar-refractivity contribution in [2.24, 2.45) is 0 Å². The van der Waals surface area contributed by atoms with Crippen molar-refractivity contribution in [1.29, 1.82) is 0 Å². The molecule has 21 heavy (non-hydrogen) atoms. The molecule has 0 amide bonds. The van der Waals surface area contributed by atoms with E-state index in [1.165, 1.54) is 17.7 Å². The number of hydrogen-bond donors (Lipinski definition) is 1. The highest BCUT2D eigenvalue weighted by atomic mass is 19.1. The second kappa shape index (κ2) is 7.79. The predicted molar refractivity (Wildman–Crippen MR) is 84.3 cm³/mol. The highest BCUT2D eigenvalue weighted by Gasteiger charge is 2.05. The van der Waals surface area contributed by atoms with Crippen LogP contribution in [0.1, 0.15) is 18.1 Å². The first-order valence-corrected chi connectivity index (χ1v) is 7.29. The summed E-state index contributed by atoms with van der Waals surface area (Å²) >= 11 is 0. The van der Waals surface area contributed by atoms with Crippen LogP contribution in [-0.4, -0.2) is 19.7 Å². The molecule has 1 unspecified atom stereocenters. The minimum atomic E-state index is -0.185. The summed E-state index contributed by atoms with van der Waals surface area (Å²) in [7, 11) is 1.70. The molecule has 0 bridgehead atoms. The number of para-hydroxylation sites is 1. The van der Waals surface area contributed by atoms with Crippen LogP contribution in [0.25, 0.3) is 0 Å². The van der Waals surface area contributed by atoms with Gasteiger partial charge in [-0.05, 0) is 55.6 Å². The Balaban J connectivity index is 1.79. The Bertz CT molecular complexity index is 553. The maximum Gasteiger partial charge on any atom is 0.123 e. The first kappa shape index (κ1) is 15.5. The predicted octanol–water partition coefficient (Wildman–Crippen LogP) is 3.60. The van der Waals surface area contributed by atoms with Gasteiger partial charge in [0.15, 0.2) is 0 Å². The number of methoxy groups -OCH3 is 1. The quantitative estimate of drug-likeness (QED) is 0.840. The zero-order valence-electron chi connectivity index (χ0n) is 12.6. The van der Waals surface area contributed by atoms with Gasteiger partial charge in [-0.1, -0.05) is 30.3 Å². The van der Waals surface area contributed by atoms with Crippen molar-refractivity contribution in [1.82, 2.24) is 5.32 Å². The lowest BCUT2D eigenvalue weighted by molar-refractivity contribution is 0.408. The fourth-order valence-electron chi connectivity index (χ4n) is 2.41. The summed E-state index contributed by atoms with van der Waals surface area (Å²) in [5.74, 6) is 0.751. The summed E-state index contributed by atoms with van der Waals surface area (Å²) < 4.78 is 18.2. The Morgan fingerprint density at radius 3 is 2.52 bits per heavy atom. The molecule has 1 N–H and O–H groups in total. The Morgan fingerprint density at radius 1 is 1.10 bits per heavy atom. The molecule has 0 aromatic heterocycles. The zero-order valence-corrected chi connectivity index (χ0v) is 12.6. The van der Waals surface area contributed by atoms with Gasteiger partial charge in [0, 0.05) is 6.04 Å². The van der Waals surface area contributed by atoms with Gasteiger partial charge < -0.3 is 10.1 Å². The summed E-state index contributed by atoms with van der Waals surface area (Å²) in [5, 5.41) is 3.50. The summed E-state index contributed by atoms with van der Waals surface area (Å²) in [6.45, 7) is 3.04. The third-order valence-electron chi connectivity index (χ3n) is 3.53. The van der Waals surface area contributed by atoms with Crippen molar-refractivity contribution in [3.63, 3.8) is 0 Å². The molecule has 0 spiro atoms. The molecular weight excluding hydrogens is 265 g/mol. The molecule has 0 aliphatic carbocycles. The largest absolute Gasteiger partial charge is 0.496 e. The molecule has 0 aliphatic rings. The van der Waals surface area contributed by atoms with Gasteiger partial charge in [0.1, 0.15) is 11.6 Å². The SMILES string of the molecule is COc1ccccc1CCNC(C)Cc1ccc(F)cc1. The summed E-state index contributed by atoms with van der Waals surface area (Å²) in [6, 6.07) is 15.1. The Labute approximate surface area is 126 Å². The Kier molecular flexibility index (Phi) is 5.76. The average Bonchev–Trinajstić information content (AvgIpc) is 2.50. The van der Waals surface area contributed by atoms with E-state index in [1.807, 2.05) is 30.3 Å². The molecule has 2 rings (SSSR count). The average molecular weight is 287 g/mol. The molecule has 112 valence electrons. The van der Waals surface area contributed by atoms with Gasteiger partial charge >= 0.3 is 0 Å². The van der Waals surface area contributed by atoms with Crippen LogP contribution in [-0.2, 0) is 12.8 Å². The fraction of sp³-hybridized carbons (Fsp3) is 0.333. The van der Waals surface area contributed by atoms with Gasteiger partial charge in [-0.15, -0.1) is 0 Å². The first-order chi connectivity index (χ1) is 10.2. The zero-order chi connectivity index (χ0) is 15.1. The maximum atomic E-state index is 12.9. The molecule has 0 saturated carbocycles. The van der Waals surface area contributed by atoms with Crippen LogP contribution < -0.4 is 10.1 Å². The minimum Gasteiger partial charge on any atom is -0.496 e. The second-order valence-electron chi connectivity index (χ2n) is 5.25. The Hall–Kier alpha value is -1.87. The lowest BCUT2D eigenvalue weighted by atomic mass is 10.1. The van der Waals surface area contributed by atoms with E-state index in [4.69, 9.17) is 4.74 Å². The molecular formula is C18H22FNO. The smallest absolute Gasteiger partial charge is 0.123 e. The fourth-order valence-corrected chi connectivity index (χ4v) is 2.41. The van der Waals surface area contributed by atoms with Crippen molar-refractivity contribution in [3.05, 3.63) is 65.5 Å². The van der Waals surface area contributed by atoms with Gasteiger partial charge in [0.05, 0.1) is 7.11 Å². The molecule has 2 aromatic carbocycles. The van der Waals surface area contributed by atoms with Crippen LogP contribution in [0.4, 0.5) is 4.39 Å². The summed E-state index contributed by atoms with van der Waals surface area (Å²) in [4.78, 5) is 0. The third kappa shape index (κ3) is 4.87. The van der Waals surface area contributed by atoms with Crippen LogP contribution in [0.15, 0.2) is 48.5 Å². The van der Waals surface area contributed by atoms with Crippen LogP contribution >= 0.6 is 0 Å². The molecule has 2 nitrogen and oxygen atoms in total. The van der Waals surface area contributed by atoms with Crippen molar-refractivity contribution in [2.75, 3.05) is 13.7 Å². The van der Waals surface area contributed by atoms with Gasteiger partial charge in [-0.25, -0.2) is 4.39 Å². The van der Waals surface area contributed by atoms with E-state index >= 15 is 0 Å². The van der Waals surface area contributed by atoms with Crippen LogP contribution in [0, 0.1) is 5.82 Å². The van der Waals surface area contributed by atoms with E-state index in [9.17, 15) is 4.39 Å². The number of nitrogens with one attached hydrogen (secondary N) is 1. The first-order valence-electron chi connectivity index (χ1n) is 7.29. The van der Waals surface area contributed by atoms with Crippen molar-refractivity contribution in [2.45, 2.75) is 25.8 Å². The van der Waals surface area contributed by atoms with Crippen molar-refractivity contribution in [3.8, 4) is 5.75 Å². The van der Waals surface area contributed by atoms with E-state index in [-0.39, 0.29) is 5.82 Å². The summed E-state index contributed by atoms with van der Waals surface area (Å²) in [5.41, 5.74) is 2.36. The number of ether oxygens (including phenoxy) is 1. The van der Waals surface area contributed by atoms with Crippen molar-refractivity contribution >= 4 is 0 Å². The van der Waals surface area contributed by atoms with E-state index in [0.29, 0.717) is 6.04 Å². The molecule has 0 heterocycles. The summed E-state index contributed by atoms with van der Waals surface area (Å²) in [6.07, 6.45) is 1.82. The van der Waals surface area contributed by atoms with Crippen molar-refractivity contribution < 1.29 is 9.13 Å². The van der Waals surface area contributed by atoms with E-state index in [1.54, 1.807) is 7.11 Å². The molecule has 1 atom stereocenters. The van der Waals surface area contributed by atoms with Crippen LogP contribution in [0.5, 0.6) is 5.75 Å². The monoisotopic (exact) mass is 287 g/mol. The highest BCUT2D eigenvalue weighted by Crippen LogP contribution is 2.17. The van der Waals surface area contributed by atoms with E-state index < -0.39 is 0 Å². The number of rotatable bonds is 7. The van der Waals surface area contributed by atoms with Gasteiger partial charge in [-0.3, -0.25) is 0 Å². The number of hydrogen-bond acceptors (Lipinski definition) is 2. The molecule has 0 aliphatic heterocycles. The van der Waals surface area contributed by atoms with Crippen LogP contribution in [0.2, 0.25) is 0 Å².